The van der Waals surface area contributed by atoms with Crippen LogP contribution in [-0.4, -0.2) is 29.7 Å². The van der Waals surface area contributed by atoms with Crippen LogP contribution in [0.25, 0.3) is 0 Å². The molecule has 118 valence electrons. The third-order valence-electron chi connectivity index (χ3n) is 4.08. The quantitative estimate of drug-likeness (QED) is 0.623. The fourth-order valence-electron chi connectivity index (χ4n) is 2.84. The Morgan fingerprint density at radius 2 is 1.91 bits per heavy atom. The maximum atomic E-state index is 11.7. The topological polar surface area (TPSA) is 75.6 Å². The monoisotopic (exact) mass is 303 g/mol. The molecule has 1 saturated carbocycles. The van der Waals surface area contributed by atoms with Crippen LogP contribution in [0.1, 0.15) is 37.3 Å². The van der Waals surface area contributed by atoms with E-state index in [1.165, 1.54) is 13.2 Å². The second-order valence-electron chi connectivity index (χ2n) is 5.51. The van der Waals surface area contributed by atoms with Gasteiger partial charge in [-0.05, 0) is 18.4 Å². The molecule has 22 heavy (non-hydrogen) atoms. The largest absolute Gasteiger partial charge is 0.480 e. The van der Waals surface area contributed by atoms with Crippen LogP contribution in [0, 0.1) is 0 Å². The number of ether oxygens (including phenoxy) is 1. The number of nitrogens with one attached hydrogen (secondary N) is 1. The molecule has 0 aliphatic heterocycles. The third-order valence-corrected chi connectivity index (χ3v) is 4.08. The summed E-state index contributed by atoms with van der Waals surface area (Å²) < 4.78 is 4.61. The highest BCUT2D eigenvalue weighted by Crippen LogP contribution is 2.33. The molecule has 1 aromatic rings. The lowest BCUT2D eigenvalue weighted by Crippen LogP contribution is -2.51. The van der Waals surface area contributed by atoms with Crippen molar-refractivity contribution in [1.82, 2.24) is 5.32 Å². The molecule has 5 heteroatoms. The van der Waals surface area contributed by atoms with E-state index in [1.807, 2.05) is 30.3 Å². The van der Waals surface area contributed by atoms with Crippen LogP contribution in [-0.2, 0) is 14.3 Å². The molecule has 1 aliphatic carbocycles. The fraction of sp³-hybridized carbons (Fsp3) is 0.412. The summed E-state index contributed by atoms with van der Waals surface area (Å²) in [6.45, 7) is 0. The number of hydrogen-bond acceptors (Lipinski definition) is 4. The first-order valence-electron chi connectivity index (χ1n) is 7.39. The van der Waals surface area contributed by atoms with E-state index in [1.54, 1.807) is 6.08 Å². The van der Waals surface area contributed by atoms with Crippen LogP contribution >= 0.6 is 0 Å². The van der Waals surface area contributed by atoms with Gasteiger partial charge in [0.05, 0.1) is 13.2 Å². The Bertz CT molecular complexity index is 547. The normalized spacial score (nSPS) is 18.2. The van der Waals surface area contributed by atoms with E-state index in [2.05, 4.69) is 10.1 Å². The molecule has 5 nitrogen and oxygen atoms in total. The Kier molecular flexibility index (Phi) is 5.33. The minimum absolute atomic E-state index is 0.352. The molecule has 2 rings (SSSR count). The van der Waals surface area contributed by atoms with Gasteiger partial charge in [0.15, 0.2) is 0 Å². The number of carboxylic acids is 1. The summed E-state index contributed by atoms with van der Waals surface area (Å²) in [4.78, 5) is 23.1. The predicted octanol–water partition coefficient (Wildman–Crippen LogP) is 2.44. The van der Waals surface area contributed by atoms with Crippen molar-refractivity contribution in [1.29, 1.82) is 0 Å². The molecule has 1 atom stereocenters. The Hall–Kier alpha value is -2.14. The Morgan fingerprint density at radius 1 is 1.27 bits per heavy atom. The molecule has 1 aromatic carbocycles. The van der Waals surface area contributed by atoms with Gasteiger partial charge in [0.25, 0.3) is 0 Å². The van der Waals surface area contributed by atoms with E-state index in [4.69, 9.17) is 0 Å². The summed E-state index contributed by atoms with van der Waals surface area (Å²) >= 11 is 0. The number of aliphatic carboxylic acids is 1. The van der Waals surface area contributed by atoms with E-state index in [0.717, 1.165) is 18.4 Å². The van der Waals surface area contributed by atoms with Crippen molar-refractivity contribution in [3.8, 4) is 0 Å². The molecule has 1 aliphatic rings. The lowest BCUT2D eigenvalue weighted by Gasteiger charge is -2.30. The van der Waals surface area contributed by atoms with E-state index in [9.17, 15) is 14.7 Å². The number of rotatable bonds is 6. The molecule has 0 radical (unpaired) electrons. The standard InChI is InChI=1S/C17H21NO4/c1-22-15(19)10-9-14(13-7-3-2-4-8-13)18-17(16(20)21)11-5-6-12-17/h2-4,7-10,14,18H,5-6,11-12H2,1H3,(H,20,21)/b10-9+. The van der Waals surface area contributed by atoms with Gasteiger partial charge in [0, 0.05) is 6.08 Å². The predicted molar refractivity (Wildman–Crippen MR) is 82.3 cm³/mol. The van der Waals surface area contributed by atoms with Crippen molar-refractivity contribution >= 4 is 11.9 Å². The number of methoxy groups -OCH3 is 1. The Labute approximate surface area is 130 Å². The number of hydrogen-bond donors (Lipinski definition) is 2. The van der Waals surface area contributed by atoms with Crippen LogP contribution in [0.3, 0.4) is 0 Å². The second-order valence-corrected chi connectivity index (χ2v) is 5.51. The number of benzene rings is 1. The Balaban J connectivity index is 2.26. The van der Waals surface area contributed by atoms with Gasteiger partial charge in [-0.15, -0.1) is 0 Å². The first-order chi connectivity index (χ1) is 10.6. The van der Waals surface area contributed by atoms with Gasteiger partial charge >= 0.3 is 11.9 Å². The number of carbonyl (C=O) groups excluding carboxylic acids is 1. The van der Waals surface area contributed by atoms with E-state index >= 15 is 0 Å². The summed E-state index contributed by atoms with van der Waals surface area (Å²) in [6, 6.07) is 9.13. The average Bonchev–Trinajstić information content (AvgIpc) is 3.02. The zero-order chi connectivity index (χ0) is 16.0. The molecule has 0 aromatic heterocycles. The van der Waals surface area contributed by atoms with Crippen LogP contribution in [0.15, 0.2) is 42.5 Å². The van der Waals surface area contributed by atoms with Crippen LogP contribution in [0.4, 0.5) is 0 Å². The number of esters is 1. The maximum Gasteiger partial charge on any atom is 0.330 e. The second kappa shape index (κ2) is 7.22. The van der Waals surface area contributed by atoms with Gasteiger partial charge in [-0.2, -0.15) is 0 Å². The highest BCUT2D eigenvalue weighted by Gasteiger charge is 2.42. The molecule has 0 spiro atoms. The average molecular weight is 303 g/mol. The van der Waals surface area contributed by atoms with Gasteiger partial charge in [-0.1, -0.05) is 49.2 Å². The van der Waals surface area contributed by atoms with E-state index < -0.39 is 17.5 Å². The highest BCUT2D eigenvalue weighted by molar-refractivity contribution is 5.82. The van der Waals surface area contributed by atoms with Crippen molar-refractivity contribution in [3.05, 3.63) is 48.0 Å². The first kappa shape index (κ1) is 16.2. The molecule has 1 unspecified atom stereocenters. The van der Waals surface area contributed by atoms with Gasteiger partial charge in [-0.3, -0.25) is 10.1 Å². The van der Waals surface area contributed by atoms with E-state index in [-0.39, 0.29) is 6.04 Å². The fourth-order valence-corrected chi connectivity index (χ4v) is 2.84. The summed E-state index contributed by atoms with van der Waals surface area (Å²) in [5.41, 5.74) is -0.0174. The zero-order valence-corrected chi connectivity index (χ0v) is 12.6. The van der Waals surface area contributed by atoms with E-state index in [0.29, 0.717) is 12.8 Å². The van der Waals surface area contributed by atoms with Gasteiger partial charge in [-0.25, -0.2) is 4.79 Å². The summed E-state index contributed by atoms with van der Waals surface area (Å²) in [6.07, 6.45) is 5.96. The van der Waals surface area contributed by atoms with Crippen molar-refractivity contribution in [2.75, 3.05) is 7.11 Å². The first-order valence-corrected chi connectivity index (χ1v) is 7.39. The lowest BCUT2D eigenvalue weighted by atomic mass is 9.94. The molecule has 0 bridgehead atoms. The molecular formula is C17H21NO4. The number of carbonyl (C=O) groups is 2. The highest BCUT2D eigenvalue weighted by atomic mass is 16.5. The zero-order valence-electron chi connectivity index (χ0n) is 12.6. The smallest absolute Gasteiger partial charge is 0.330 e. The summed E-state index contributed by atoms with van der Waals surface area (Å²) in [5.74, 6) is -1.30. The summed E-state index contributed by atoms with van der Waals surface area (Å²) in [7, 11) is 1.31. The number of carboxylic acid groups (broad SMARTS) is 1. The van der Waals surface area contributed by atoms with Crippen LogP contribution < -0.4 is 5.32 Å². The van der Waals surface area contributed by atoms with Crippen molar-refractivity contribution in [3.63, 3.8) is 0 Å². The Morgan fingerprint density at radius 3 is 2.45 bits per heavy atom. The third kappa shape index (κ3) is 3.74. The van der Waals surface area contributed by atoms with Gasteiger partial charge < -0.3 is 9.84 Å². The van der Waals surface area contributed by atoms with Gasteiger partial charge in [0.2, 0.25) is 0 Å². The molecule has 1 fully saturated rings. The molecular weight excluding hydrogens is 282 g/mol. The minimum atomic E-state index is -0.930. The maximum absolute atomic E-state index is 11.7. The molecule has 0 heterocycles. The molecule has 0 amide bonds. The van der Waals surface area contributed by atoms with Crippen LogP contribution in [0.2, 0.25) is 0 Å². The minimum Gasteiger partial charge on any atom is -0.480 e. The summed E-state index contributed by atoms with van der Waals surface area (Å²) in [5, 5.41) is 12.8. The SMILES string of the molecule is COC(=O)/C=C/C(NC1(C(=O)O)CCCC1)c1ccccc1. The van der Waals surface area contributed by atoms with Crippen molar-refractivity contribution < 1.29 is 19.4 Å². The molecule has 2 N–H and O–H groups in total. The van der Waals surface area contributed by atoms with Crippen molar-refractivity contribution in [2.24, 2.45) is 0 Å². The lowest BCUT2D eigenvalue weighted by molar-refractivity contribution is -0.145. The molecule has 0 saturated heterocycles. The van der Waals surface area contributed by atoms with Crippen LogP contribution in [0.5, 0.6) is 0 Å². The van der Waals surface area contributed by atoms with Gasteiger partial charge in [0.1, 0.15) is 5.54 Å². The van der Waals surface area contributed by atoms with Crippen molar-refractivity contribution in [2.45, 2.75) is 37.3 Å².